The fourth-order valence-electron chi connectivity index (χ4n) is 5.38. The largest absolute Gasteiger partial charge is 0.392 e. The van der Waals surface area contributed by atoms with E-state index in [1.165, 1.54) is 0 Å². The molecule has 164 valence electrons. The van der Waals surface area contributed by atoms with Gasteiger partial charge in [0.2, 0.25) is 0 Å². The summed E-state index contributed by atoms with van der Waals surface area (Å²) in [6.07, 6.45) is 4.15. The Hall–Kier alpha value is -2.50. The summed E-state index contributed by atoms with van der Waals surface area (Å²) in [5.41, 5.74) is 1.94. The van der Waals surface area contributed by atoms with Gasteiger partial charge in [-0.05, 0) is 61.1 Å². The van der Waals surface area contributed by atoms with Crippen LogP contribution in [0, 0.1) is 23.7 Å². The van der Waals surface area contributed by atoms with Gasteiger partial charge in [-0.2, -0.15) is 0 Å². The van der Waals surface area contributed by atoms with Crippen LogP contribution in [0.4, 0.5) is 5.69 Å². The summed E-state index contributed by atoms with van der Waals surface area (Å²) in [6.45, 7) is 1.10. The SMILES string of the molecule is O=C[C@H]1[C@@H]2CC(CCOCC(=O)N(Cc3ccccc3)c3ccccc3)C[C@@H]2C[C@@H]1O. The molecule has 0 heterocycles. The van der Waals surface area contributed by atoms with E-state index < -0.39 is 6.10 Å². The number of fused-ring (bicyclic) bond motifs is 1. The number of carbonyl (C=O) groups excluding carboxylic acids is 2. The first-order chi connectivity index (χ1) is 15.2. The number of aliphatic hydroxyl groups excluding tert-OH is 1. The highest BCUT2D eigenvalue weighted by Crippen LogP contribution is 2.50. The highest BCUT2D eigenvalue weighted by Gasteiger charge is 2.47. The minimum atomic E-state index is -0.462. The second kappa shape index (κ2) is 10.2. The van der Waals surface area contributed by atoms with Crippen LogP contribution in [0.25, 0.3) is 0 Å². The number of rotatable bonds is 9. The van der Waals surface area contributed by atoms with Crippen molar-refractivity contribution in [2.45, 2.75) is 38.3 Å². The van der Waals surface area contributed by atoms with E-state index in [0.29, 0.717) is 30.9 Å². The summed E-state index contributed by atoms with van der Waals surface area (Å²) in [6, 6.07) is 19.6. The fraction of sp³-hybridized carbons (Fsp3) is 0.462. The van der Waals surface area contributed by atoms with Crippen molar-refractivity contribution in [2.75, 3.05) is 18.1 Å². The van der Waals surface area contributed by atoms with Gasteiger partial charge in [0.1, 0.15) is 12.9 Å². The molecule has 2 fully saturated rings. The first-order valence-electron chi connectivity index (χ1n) is 11.3. The van der Waals surface area contributed by atoms with Gasteiger partial charge in [-0.1, -0.05) is 48.5 Å². The van der Waals surface area contributed by atoms with Crippen LogP contribution in [0.3, 0.4) is 0 Å². The average molecular weight is 422 g/mol. The van der Waals surface area contributed by atoms with Crippen molar-refractivity contribution in [1.29, 1.82) is 0 Å². The maximum Gasteiger partial charge on any atom is 0.253 e. The predicted octanol–water partition coefficient (Wildman–Crippen LogP) is 3.85. The van der Waals surface area contributed by atoms with Crippen molar-refractivity contribution in [3.05, 3.63) is 66.2 Å². The van der Waals surface area contributed by atoms with Crippen LogP contribution in [-0.4, -0.2) is 36.6 Å². The lowest BCUT2D eigenvalue weighted by atomic mass is 9.91. The van der Waals surface area contributed by atoms with Crippen molar-refractivity contribution >= 4 is 17.9 Å². The number of nitrogens with zero attached hydrogens (tertiary/aromatic N) is 1. The van der Waals surface area contributed by atoms with Crippen LogP contribution >= 0.6 is 0 Å². The van der Waals surface area contributed by atoms with Crippen molar-refractivity contribution < 1.29 is 19.4 Å². The van der Waals surface area contributed by atoms with Crippen molar-refractivity contribution in [2.24, 2.45) is 23.7 Å². The van der Waals surface area contributed by atoms with Crippen LogP contribution in [0.1, 0.15) is 31.2 Å². The zero-order chi connectivity index (χ0) is 21.6. The Balaban J connectivity index is 1.27. The lowest BCUT2D eigenvalue weighted by Gasteiger charge is -2.23. The lowest BCUT2D eigenvalue weighted by Crippen LogP contribution is -2.33. The molecule has 2 aromatic carbocycles. The Morgan fingerprint density at radius 1 is 1.03 bits per heavy atom. The summed E-state index contributed by atoms with van der Waals surface area (Å²) in [4.78, 5) is 26.0. The smallest absolute Gasteiger partial charge is 0.253 e. The van der Waals surface area contributed by atoms with Crippen LogP contribution in [0.15, 0.2) is 60.7 Å². The summed E-state index contributed by atoms with van der Waals surface area (Å²) in [5.74, 6) is 1.03. The van der Waals surface area contributed by atoms with Crippen molar-refractivity contribution in [3.63, 3.8) is 0 Å². The molecule has 0 bridgehead atoms. The molecule has 0 aromatic heterocycles. The molecular formula is C26H31NO4. The zero-order valence-electron chi connectivity index (χ0n) is 17.8. The molecule has 31 heavy (non-hydrogen) atoms. The topological polar surface area (TPSA) is 66.8 Å². The Bertz CT molecular complexity index is 856. The van der Waals surface area contributed by atoms with Gasteiger partial charge in [0.25, 0.3) is 5.91 Å². The molecular weight excluding hydrogens is 390 g/mol. The molecule has 0 radical (unpaired) electrons. The van der Waals surface area contributed by atoms with Crippen LogP contribution in [-0.2, 0) is 20.9 Å². The van der Waals surface area contributed by atoms with Gasteiger partial charge in [-0.25, -0.2) is 0 Å². The first-order valence-corrected chi connectivity index (χ1v) is 11.3. The van der Waals surface area contributed by atoms with Crippen LogP contribution in [0.5, 0.6) is 0 Å². The van der Waals surface area contributed by atoms with Gasteiger partial charge in [-0.15, -0.1) is 0 Å². The summed E-state index contributed by atoms with van der Waals surface area (Å²) in [7, 11) is 0. The quantitative estimate of drug-likeness (QED) is 0.493. The predicted molar refractivity (Wildman–Crippen MR) is 119 cm³/mol. The van der Waals surface area contributed by atoms with E-state index in [-0.39, 0.29) is 18.4 Å². The average Bonchev–Trinajstić information content (AvgIpc) is 3.31. The zero-order valence-corrected chi connectivity index (χ0v) is 17.8. The number of aliphatic hydroxyl groups is 1. The standard InChI is InChI=1S/C26H31NO4/c28-17-24-23-14-20(13-21(23)15-25(24)29)11-12-31-18-26(30)27(22-9-5-2-6-10-22)16-19-7-3-1-4-8-19/h1-10,17,20-21,23-25,29H,11-16,18H2/t20?,21-,23-,24+,25+/m1/s1. The van der Waals surface area contributed by atoms with E-state index in [2.05, 4.69) is 0 Å². The molecule has 1 N–H and O–H groups in total. The first kappa shape index (κ1) is 21.7. The third-order valence-corrected chi connectivity index (χ3v) is 6.94. The Morgan fingerprint density at radius 2 is 1.74 bits per heavy atom. The van der Waals surface area contributed by atoms with Gasteiger partial charge >= 0.3 is 0 Å². The minimum Gasteiger partial charge on any atom is -0.392 e. The Labute approximate surface area is 184 Å². The van der Waals surface area contributed by atoms with Gasteiger partial charge < -0.3 is 19.5 Å². The van der Waals surface area contributed by atoms with E-state index in [9.17, 15) is 14.7 Å². The van der Waals surface area contributed by atoms with E-state index in [1.54, 1.807) is 4.90 Å². The maximum atomic E-state index is 13.0. The molecule has 2 aromatic rings. The Kier molecular flexibility index (Phi) is 7.15. The van der Waals surface area contributed by atoms with Crippen molar-refractivity contribution in [1.82, 2.24) is 0 Å². The molecule has 1 amide bonds. The highest BCUT2D eigenvalue weighted by atomic mass is 16.5. The van der Waals surface area contributed by atoms with Crippen LogP contribution < -0.4 is 4.90 Å². The van der Waals surface area contributed by atoms with E-state index in [1.807, 2.05) is 60.7 Å². The monoisotopic (exact) mass is 421 g/mol. The number of benzene rings is 2. The second-order valence-corrected chi connectivity index (χ2v) is 8.92. The number of para-hydroxylation sites is 1. The van der Waals surface area contributed by atoms with E-state index in [0.717, 1.165) is 43.2 Å². The molecule has 0 saturated heterocycles. The highest BCUT2D eigenvalue weighted by molar-refractivity contribution is 5.94. The number of amides is 1. The summed E-state index contributed by atoms with van der Waals surface area (Å²) < 4.78 is 5.78. The van der Waals surface area contributed by atoms with Crippen molar-refractivity contribution in [3.8, 4) is 0 Å². The molecule has 0 spiro atoms. The van der Waals surface area contributed by atoms with Gasteiger partial charge in [0.05, 0.1) is 12.6 Å². The summed E-state index contributed by atoms with van der Waals surface area (Å²) in [5, 5.41) is 10.0. The van der Waals surface area contributed by atoms with E-state index >= 15 is 0 Å². The molecule has 5 heteroatoms. The molecule has 2 saturated carbocycles. The maximum absolute atomic E-state index is 13.0. The number of ether oxygens (including phenoxy) is 1. The Morgan fingerprint density at radius 3 is 2.45 bits per heavy atom. The number of hydrogen-bond donors (Lipinski definition) is 1. The van der Waals surface area contributed by atoms with Gasteiger partial charge in [0.15, 0.2) is 0 Å². The molecule has 2 aliphatic rings. The van der Waals surface area contributed by atoms with Gasteiger partial charge in [0, 0.05) is 18.2 Å². The normalized spacial score (nSPS) is 27.1. The number of aldehydes is 1. The summed E-state index contributed by atoms with van der Waals surface area (Å²) >= 11 is 0. The molecule has 1 unspecified atom stereocenters. The minimum absolute atomic E-state index is 0.0526. The molecule has 4 rings (SSSR count). The third kappa shape index (κ3) is 5.23. The van der Waals surface area contributed by atoms with E-state index in [4.69, 9.17) is 4.74 Å². The molecule has 2 aliphatic carbocycles. The lowest BCUT2D eigenvalue weighted by molar-refractivity contribution is -0.123. The van der Waals surface area contributed by atoms with Crippen LogP contribution in [0.2, 0.25) is 0 Å². The number of anilines is 1. The van der Waals surface area contributed by atoms with Gasteiger partial charge in [-0.3, -0.25) is 4.79 Å². The fourth-order valence-corrected chi connectivity index (χ4v) is 5.38. The number of hydrogen-bond acceptors (Lipinski definition) is 4. The third-order valence-electron chi connectivity index (χ3n) is 6.94. The second-order valence-electron chi connectivity index (χ2n) is 8.92. The molecule has 5 nitrogen and oxygen atoms in total. The number of carbonyl (C=O) groups is 2. The molecule has 5 atom stereocenters. The molecule has 0 aliphatic heterocycles.